The first kappa shape index (κ1) is 7.66. The maximum atomic E-state index is 4.24. The van der Waals surface area contributed by atoms with Gasteiger partial charge < -0.3 is 0 Å². The number of nitrogens with one attached hydrogen (secondary N) is 1. The summed E-state index contributed by atoms with van der Waals surface area (Å²) in [6.45, 7) is 4.08. The maximum Gasteiger partial charge on any atom is 0.0669 e. The van der Waals surface area contributed by atoms with Crippen molar-refractivity contribution in [2.24, 2.45) is 0 Å². The highest BCUT2D eigenvalue weighted by molar-refractivity contribution is 8.10. The molecule has 0 amide bonds. The third-order valence-electron chi connectivity index (χ3n) is 0.352. The molecule has 0 radical (unpaired) electrons. The molecule has 0 aliphatic rings. The van der Waals surface area contributed by atoms with Crippen molar-refractivity contribution >= 4 is 24.6 Å². The molecule has 0 saturated carbocycles. The molecule has 1 nitrogen and oxygen atoms in total. The van der Waals surface area contributed by atoms with Crippen LogP contribution in [-0.2, 0) is 0 Å². The Labute approximate surface area is 54.8 Å². The first-order chi connectivity index (χ1) is 3.06. The Kier molecular flexibility index (Phi) is 3.11. The van der Waals surface area contributed by atoms with E-state index in [1.165, 1.54) is 0 Å². The predicted molar refractivity (Wildman–Crippen MR) is 39.7 cm³/mol. The van der Waals surface area contributed by atoms with Gasteiger partial charge in [-0.2, -0.15) is 12.6 Å². The zero-order chi connectivity index (χ0) is 5.91. The van der Waals surface area contributed by atoms with Crippen molar-refractivity contribution in [1.29, 1.82) is 0 Å². The van der Waals surface area contributed by atoms with Crippen LogP contribution in [0.1, 0.15) is 13.8 Å². The third-order valence-corrected chi connectivity index (χ3v) is 1.33. The highest BCUT2D eigenvalue weighted by atomic mass is 32.2. The van der Waals surface area contributed by atoms with Gasteiger partial charge in [0.2, 0.25) is 0 Å². The van der Waals surface area contributed by atoms with Gasteiger partial charge in [0.15, 0.2) is 0 Å². The van der Waals surface area contributed by atoms with Gasteiger partial charge in [-0.1, -0.05) is 11.9 Å². The van der Waals surface area contributed by atoms with Crippen LogP contribution in [0.3, 0.4) is 0 Å². The van der Waals surface area contributed by atoms with Crippen LogP contribution < -0.4 is 4.72 Å². The minimum absolute atomic E-state index is 0.0503. The SMILES string of the molecule is CNSC(C)(C)S. The molecule has 1 N–H and O–H groups in total. The Morgan fingerprint density at radius 1 is 1.57 bits per heavy atom. The lowest BCUT2D eigenvalue weighted by molar-refractivity contribution is 1.02. The number of hydrogen-bond donors (Lipinski definition) is 2. The van der Waals surface area contributed by atoms with Crippen molar-refractivity contribution in [2.75, 3.05) is 7.05 Å². The van der Waals surface area contributed by atoms with Crippen LogP contribution in [-0.4, -0.2) is 11.1 Å². The molecular weight excluding hydrogens is 126 g/mol. The van der Waals surface area contributed by atoms with Crippen molar-refractivity contribution in [3.63, 3.8) is 0 Å². The molecule has 7 heavy (non-hydrogen) atoms. The fraction of sp³-hybridized carbons (Fsp3) is 1.00. The molecule has 0 saturated heterocycles. The van der Waals surface area contributed by atoms with E-state index in [1.54, 1.807) is 11.9 Å². The maximum absolute atomic E-state index is 4.24. The van der Waals surface area contributed by atoms with E-state index < -0.39 is 0 Å². The molecule has 0 rings (SSSR count). The Morgan fingerprint density at radius 3 is 2.00 bits per heavy atom. The molecule has 0 heterocycles. The van der Waals surface area contributed by atoms with Crippen LogP contribution >= 0.6 is 24.6 Å². The Bertz CT molecular complexity index is 48.1. The Balaban J connectivity index is 3.15. The largest absolute Gasteiger partial charge is 0.266 e. The lowest BCUT2D eigenvalue weighted by atomic mass is 10.5. The fourth-order valence-electron chi connectivity index (χ4n) is 0.250. The van der Waals surface area contributed by atoms with Crippen molar-refractivity contribution in [3.05, 3.63) is 0 Å². The van der Waals surface area contributed by atoms with E-state index in [2.05, 4.69) is 17.4 Å². The zero-order valence-corrected chi connectivity index (χ0v) is 6.57. The van der Waals surface area contributed by atoms with Crippen molar-refractivity contribution in [3.8, 4) is 0 Å². The minimum atomic E-state index is 0.0503. The Hall–Kier alpha value is 0.660. The van der Waals surface area contributed by atoms with Crippen LogP contribution in [0.25, 0.3) is 0 Å². The molecule has 0 unspecified atom stereocenters. The van der Waals surface area contributed by atoms with Crippen LogP contribution in [0.15, 0.2) is 0 Å². The molecule has 0 fully saturated rings. The van der Waals surface area contributed by atoms with Gasteiger partial charge in [0.25, 0.3) is 0 Å². The van der Waals surface area contributed by atoms with Crippen LogP contribution in [0.2, 0.25) is 0 Å². The second-order valence-electron chi connectivity index (χ2n) is 1.75. The second kappa shape index (κ2) is 2.84. The standard InChI is InChI=1S/C4H11NS2/c1-4(2,6)7-5-3/h5-6H,1-3H3. The van der Waals surface area contributed by atoms with Gasteiger partial charge in [-0.3, -0.25) is 4.72 Å². The first-order valence-electron chi connectivity index (χ1n) is 2.13. The second-order valence-corrected chi connectivity index (χ2v) is 4.81. The Morgan fingerprint density at radius 2 is 2.00 bits per heavy atom. The summed E-state index contributed by atoms with van der Waals surface area (Å²) in [6, 6.07) is 0. The number of rotatable bonds is 2. The molecule has 0 atom stereocenters. The van der Waals surface area contributed by atoms with Crippen molar-refractivity contribution in [1.82, 2.24) is 4.72 Å². The molecule has 0 aromatic heterocycles. The number of hydrogen-bond acceptors (Lipinski definition) is 3. The zero-order valence-electron chi connectivity index (χ0n) is 4.86. The summed E-state index contributed by atoms with van der Waals surface area (Å²) in [5.41, 5.74) is 0. The normalized spacial score (nSPS) is 12.0. The van der Waals surface area contributed by atoms with Gasteiger partial charge in [0.1, 0.15) is 0 Å². The quantitative estimate of drug-likeness (QED) is 0.340. The monoisotopic (exact) mass is 137 g/mol. The summed E-state index contributed by atoms with van der Waals surface area (Å²) in [5, 5.41) is 0. The molecule has 0 aliphatic carbocycles. The van der Waals surface area contributed by atoms with E-state index in [9.17, 15) is 0 Å². The van der Waals surface area contributed by atoms with Crippen LogP contribution in [0.5, 0.6) is 0 Å². The van der Waals surface area contributed by atoms with Gasteiger partial charge in [-0.05, 0) is 20.9 Å². The summed E-state index contributed by atoms with van der Waals surface area (Å²) in [6.07, 6.45) is 0. The van der Waals surface area contributed by atoms with E-state index in [0.29, 0.717) is 0 Å². The molecule has 3 heteroatoms. The minimum Gasteiger partial charge on any atom is -0.266 e. The van der Waals surface area contributed by atoms with Gasteiger partial charge in [-0.15, -0.1) is 0 Å². The van der Waals surface area contributed by atoms with E-state index in [4.69, 9.17) is 0 Å². The first-order valence-corrected chi connectivity index (χ1v) is 3.40. The topological polar surface area (TPSA) is 12.0 Å². The molecule has 0 aromatic carbocycles. The van der Waals surface area contributed by atoms with Gasteiger partial charge in [0, 0.05) is 0 Å². The van der Waals surface area contributed by atoms with Crippen molar-refractivity contribution in [2.45, 2.75) is 17.9 Å². The van der Waals surface area contributed by atoms with Crippen molar-refractivity contribution < 1.29 is 0 Å². The summed E-state index contributed by atoms with van der Waals surface area (Å²) in [5.74, 6) is 0. The average Bonchev–Trinajstić information content (AvgIpc) is 1.30. The summed E-state index contributed by atoms with van der Waals surface area (Å²) in [4.78, 5) is 0. The molecule has 44 valence electrons. The van der Waals surface area contributed by atoms with Crippen LogP contribution in [0, 0.1) is 0 Å². The third kappa shape index (κ3) is 6.66. The summed E-state index contributed by atoms with van der Waals surface area (Å²) < 4.78 is 3.00. The summed E-state index contributed by atoms with van der Waals surface area (Å²) in [7, 11) is 1.89. The lowest BCUT2D eigenvalue weighted by Gasteiger charge is -2.13. The molecule has 0 spiro atoms. The fourth-order valence-corrected chi connectivity index (χ4v) is 1.02. The average molecular weight is 137 g/mol. The highest BCUT2D eigenvalue weighted by Gasteiger charge is 2.08. The van der Waals surface area contributed by atoms with Crippen LogP contribution in [0.4, 0.5) is 0 Å². The van der Waals surface area contributed by atoms with Gasteiger partial charge in [-0.25, -0.2) is 0 Å². The molecule has 0 bridgehead atoms. The molecule has 0 aromatic rings. The van der Waals surface area contributed by atoms with E-state index in [1.807, 2.05) is 20.9 Å². The lowest BCUT2D eigenvalue weighted by Crippen LogP contribution is -2.09. The van der Waals surface area contributed by atoms with Gasteiger partial charge >= 0.3 is 0 Å². The van der Waals surface area contributed by atoms with Gasteiger partial charge in [0.05, 0.1) is 4.08 Å². The highest BCUT2D eigenvalue weighted by Crippen LogP contribution is 2.23. The van der Waals surface area contributed by atoms with E-state index >= 15 is 0 Å². The molecule has 0 aliphatic heterocycles. The predicted octanol–water partition coefficient (Wildman–Crippen LogP) is 1.52. The number of thiol groups is 1. The molecular formula is C4H11NS2. The van der Waals surface area contributed by atoms with E-state index in [0.717, 1.165) is 0 Å². The van der Waals surface area contributed by atoms with E-state index in [-0.39, 0.29) is 4.08 Å². The smallest absolute Gasteiger partial charge is 0.0669 e. The summed E-state index contributed by atoms with van der Waals surface area (Å²) >= 11 is 5.84.